The van der Waals surface area contributed by atoms with Crippen molar-refractivity contribution < 1.29 is 9.53 Å². The average molecular weight is 240 g/mol. The van der Waals surface area contributed by atoms with E-state index < -0.39 is 0 Å². The molecule has 2 aliphatic rings. The molecular formula is C13H24N2O2. The first-order valence-electron chi connectivity index (χ1n) is 6.89. The molecule has 0 aromatic carbocycles. The van der Waals surface area contributed by atoms with E-state index in [1.807, 2.05) is 6.92 Å². The van der Waals surface area contributed by atoms with Gasteiger partial charge in [-0.1, -0.05) is 0 Å². The molecule has 0 atom stereocenters. The molecule has 1 saturated carbocycles. The molecule has 2 fully saturated rings. The third kappa shape index (κ3) is 3.96. The minimum atomic E-state index is 0.233. The Hall–Kier alpha value is -0.610. The molecule has 98 valence electrons. The van der Waals surface area contributed by atoms with Crippen LogP contribution in [0.15, 0.2) is 0 Å². The van der Waals surface area contributed by atoms with Gasteiger partial charge in [-0.05, 0) is 51.6 Å². The van der Waals surface area contributed by atoms with Crippen LogP contribution in [0.2, 0.25) is 0 Å². The number of nitrogens with one attached hydrogen (secondary N) is 2. The number of carbonyl (C=O) groups excluding carboxylic acids is 1. The van der Waals surface area contributed by atoms with Crippen LogP contribution in [0.25, 0.3) is 0 Å². The number of rotatable bonds is 5. The quantitative estimate of drug-likeness (QED) is 0.755. The van der Waals surface area contributed by atoms with Crippen molar-refractivity contribution in [2.45, 2.75) is 51.2 Å². The number of hydrogen-bond donors (Lipinski definition) is 2. The van der Waals surface area contributed by atoms with Gasteiger partial charge in [-0.25, -0.2) is 0 Å². The van der Waals surface area contributed by atoms with Crippen LogP contribution >= 0.6 is 0 Å². The maximum atomic E-state index is 11.8. The van der Waals surface area contributed by atoms with E-state index in [9.17, 15) is 4.79 Å². The second-order valence-corrected chi connectivity index (χ2v) is 5.21. The maximum absolute atomic E-state index is 11.8. The lowest BCUT2D eigenvalue weighted by molar-refractivity contribution is -0.125. The van der Waals surface area contributed by atoms with E-state index in [2.05, 4.69) is 10.6 Å². The summed E-state index contributed by atoms with van der Waals surface area (Å²) in [6.45, 7) is 4.87. The number of hydrogen-bond acceptors (Lipinski definition) is 3. The van der Waals surface area contributed by atoms with Gasteiger partial charge in [0.05, 0.1) is 6.10 Å². The van der Waals surface area contributed by atoms with Crippen LogP contribution in [0.1, 0.15) is 39.0 Å². The molecule has 4 nitrogen and oxygen atoms in total. The van der Waals surface area contributed by atoms with Crippen LogP contribution in [0.5, 0.6) is 0 Å². The first-order valence-corrected chi connectivity index (χ1v) is 6.89. The highest BCUT2D eigenvalue weighted by molar-refractivity contribution is 5.76. The minimum absolute atomic E-state index is 0.233. The summed E-state index contributed by atoms with van der Waals surface area (Å²) in [5, 5.41) is 6.45. The van der Waals surface area contributed by atoms with Crippen molar-refractivity contribution in [2.24, 2.45) is 5.92 Å². The van der Waals surface area contributed by atoms with Gasteiger partial charge in [-0.3, -0.25) is 4.79 Å². The van der Waals surface area contributed by atoms with Crippen LogP contribution in [-0.2, 0) is 9.53 Å². The number of amides is 1. The summed E-state index contributed by atoms with van der Waals surface area (Å²) in [4.78, 5) is 11.8. The van der Waals surface area contributed by atoms with Gasteiger partial charge >= 0.3 is 0 Å². The summed E-state index contributed by atoms with van der Waals surface area (Å²) in [6, 6.07) is 0.395. The molecule has 1 saturated heterocycles. The van der Waals surface area contributed by atoms with Crippen molar-refractivity contribution in [3.63, 3.8) is 0 Å². The summed E-state index contributed by atoms with van der Waals surface area (Å²) < 4.78 is 5.50. The third-order valence-electron chi connectivity index (χ3n) is 3.77. The second kappa shape index (κ2) is 6.36. The van der Waals surface area contributed by atoms with E-state index in [0.717, 1.165) is 45.4 Å². The van der Waals surface area contributed by atoms with Gasteiger partial charge in [-0.15, -0.1) is 0 Å². The largest absolute Gasteiger partial charge is 0.378 e. The monoisotopic (exact) mass is 240 g/mol. The lowest BCUT2D eigenvalue weighted by Gasteiger charge is -2.35. The first-order chi connectivity index (χ1) is 8.28. The van der Waals surface area contributed by atoms with Crippen molar-refractivity contribution in [3.8, 4) is 0 Å². The van der Waals surface area contributed by atoms with E-state index in [1.165, 1.54) is 0 Å². The molecule has 4 heteroatoms. The smallest absolute Gasteiger partial charge is 0.220 e. The Morgan fingerprint density at radius 3 is 2.71 bits per heavy atom. The second-order valence-electron chi connectivity index (χ2n) is 5.21. The van der Waals surface area contributed by atoms with Crippen molar-refractivity contribution >= 4 is 5.91 Å². The molecule has 0 aromatic heterocycles. The molecule has 2 rings (SSSR count). The van der Waals surface area contributed by atoms with Crippen LogP contribution in [0, 0.1) is 5.92 Å². The Balaban J connectivity index is 1.58. The van der Waals surface area contributed by atoms with Gasteiger partial charge in [0.1, 0.15) is 0 Å². The summed E-state index contributed by atoms with van der Waals surface area (Å²) in [5.74, 6) is 0.783. The molecule has 1 heterocycles. The fraction of sp³-hybridized carbons (Fsp3) is 0.923. The molecule has 1 amide bonds. The predicted molar refractivity (Wildman–Crippen MR) is 66.8 cm³/mol. The highest BCUT2D eigenvalue weighted by Crippen LogP contribution is 2.32. The molecule has 1 aliphatic heterocycles. The van der Waals surface area contributed by atoms with Crippen LogP contribution < -0.4 is 10.6 Å². The minimum Gasteiger partial charge on any atom is -0.378 e. The van der Waals surface area contributed by atoms with Crippen LogP contribution in [-0.4, -0.2) is 37.7 Å². The Morgan fingerprint density at radius 1 is 1.35 bits per heavy atom. The summed E-state index contributed by atoms with van der Waals surface area (Å²) in [5.41, 5.74) is 0. The topological polar surface area (TPSA) is 50.4 Å². The predicted octanol–water partition coefficient (Wildman–Crippen LogP) is 1.06. The van der Waals surface area contributed by atoms with Gasteiger partial charge in [0.15, 0.2) is 0 Å². The molecule has 1 aliphatic carbocycles. The van der Waals surface area contributed by atoms with Gasteiger partial charge in [-0.2, -0.15) is 0 Å². The van der Waals surface area contributed by atoms with E-state index in [1.54, 1.807) is 0 Å². The zero-order chi connectivity index (χ0) is 12.1. The average Bonchev–Trinajstić information content (AvgIpc) is 2.27. The highest BCUT2D eigenvalue weighted by Gasteiger charge is 2.31. The highest BCUT2D eigenvalue weighted by atomic mass is 16.5. The third-order valence-corrected chi connectivity index (χ3v) is 3.77. The SMILES string of the molecule is CCOC1CC(CC(=O)NC2CCNCC2)C1. The lowest BCUT2D eigenvalue weighted by atomic mass is 9.80. The van der Waals surface area contributed by atoms with Crippen LogP contribution in [0.3, 0.4) is 0 Å². The molecular weight excluding hydrogens is 216 g/mol. The summed E-state index contributed by atoms with van der Waals surface area (Å²) >= 11 is 0. The first kappa shape index (κ1) is 12.8. The number of piperidine rings is 1. The van der Waals surface area contributed by atoms with Crippen molar-refractivity contribution in [3.05, 3.63) is 0 Å². The van der Waals surface area contributed by atoms with Gasteiger partial charge < -0.3 is 15.4 Å². The zero-order valence-electron chi connectivity index (χ0n) is 10.7. The van der Waals surface area contributed by atoms with E-state index in [-0.39, 0.29) is 5.91 Å². The fourth-order valence-corrected chi connectivity index (χ4v) is 2.73. The van der Waals surface area contributed by atoms with Gasteiger partial charge in [0.2, 0.25) is 5.91 Å². The Bertz CT molecular complexity index is 246. The lowest BCUT2D eigenvalue weighted by Crippen LogP contribution is -2.44. The fourth-order valence-electron chi connectivity index (χ4n) is 2.73. The molecule has 0 spiro atoms. The number of ether oxygens (including phenoxy) is 1. The molecule has 0 bridgehead atoms. The van der Waals surface area contributed by atoms with E-state index in [4.69, 9.17) is 4.74 Å². The van der Waals surface area contributed by atoms with Crippen molar-refractivity contribution in [2.75, 3.05) is 19.7 Å². The zero-order valence-corrected chi connectivity index (χ0v) is 10.7. The van der Waals surface area contributed by atoms with E-state index >= 15 is 0 Å². The summed E-state index contributed by atoms with van der Waals surface area (Å²) in [7, 11) is 0. The molecule has 0 aromatic rings. The van der Waals surface area contributed by atoms with Crippen molar-refractivity contribution in [1.82, 2.24) is 10.6 Å². The Labute approximate surface area is 103 Å². The van der Waals surface area contributed by atoms with Crippen molar-refractivity contribution in [1.29, 1.82) is 0 Å². The van der Waals surface area contributed by atoms with Gasteiger partial charge in [0.25, 0.3) is 0 Å². The Kier molecular flexibility index (Phi) is 4.80. The molecule has 0 unspecified atom stereocenters. The Morgan fingerprint density at radius 2 is 2.06 bits per heavy atom. The standard InChI is InChI=1S/C13H24N2O2/c1-2-17-12-7-10(8-12)9-13(16)15-11-3-5-14-6-4-11/h10-12,14H,2-9H2,1H3,(H,15,16). The van der Waals surface area contributed by atoms with Gasteiger partial charge in [0, 0.05) is 19.1 Å². The summed E-state index contributed by atoms with van der Waals surface area (Å²) in [6.07, 6.45) is 5.36. The molecule has 0 radical (unpaired) electrons. The molecule has 2 N–H and O–H groups in total. The normalized spacial score (nSPS) is 29.7. The van der Waals surface area contributed by atoms with Crippen LogP contribution in [0.4, 0.5) is 0 Å². The molecule has 17 heavy (non-hydrogen) atoms. The maximum Gasteiger partial charge on any atom is 0.220 e. The van der Waals surface area contributed by atoms with E-state index in [0.29, 0.717) is 24.5 Å². The number of carbonyl (C=O) groups is 1.